The van der Waals surface area contributed by atoms with Gasteiger partial charge in [0, 0.05) is 38.5 Å². The number of aromatic amines is 1. The van der Waals surface area contributed by atoms with Crippen LogP contribution in [0.25, 0.3) is 21.7 Å². The quantitative estimate of drug-likeness (QED) is 0.409. The summed E-state index contributed by atoms with van der Waals surface area (Å²) in [7, 11) is 0. The molecule has 0 bridgehead atoms. The van der Waals surface area contributed by atoms with Gasteiger partial charge in [-0.15, -0.1) is 5.10 Å². The van der Waals surface area contributed by atoms with Gasteiger partial charge in [0.05, 0.1) is 25.0 Å². The number of hydrogen-bond acceptors (Lipinski definition) is 5. The van der Waals surface area contributed by atoms with Gasteiger partial charge in [0.2, 0.25) is 0 Å². The zero-order chi connectivity index (χ0) is 22.2. The van der Waals surface area contributed by atoms with Crippen molar-refractivity contribution in [2.24, 2.45) is 5.10 Å². The molecule has 6 rings (SSSR count). The fourth-order valence-electron chi connectivity index (χ4n) is 4.38. The number of fused-ring (bicyclic) bond motifs is 4. The molecule has 0 unspecified atom stereocenters. The van der Waals surface area contributed by atoms with Crippen molar-refractivity contribution in [2.45, 2.75) is 6.54 Å². The largest absolute Gasteiger partial charge is 0.356 e. The normalized spacial score (nSPS) is 14.5. The van der Waals surface area contributed by atoms with Crippen LogP contribution < -0.4 is 5.43 Å². The number of nitrogens with zero attached hydrogens (tertiary/aromatic N) is 4. The van der Waals surface area contributed by atoms with E-state index >= 15 is 0 Å². The molecule has 3 aromatic carbocycles. The number of rotatable bonds is 3. The molecule has 0 radical (unpaired) electrons. The number of anilines is 1. The van der Waals surface area contributed by atoms with E-state index in [1.54, 1.807) is 6.20 Å². The van der Waals surface area contributed by atoms with Crippen LogP contribution in [-0.4, -0.2) is 38.2 Å². The predicted molar refractivity (Wildman–Crippen MR) is 129 cm³/mol. The van der Waals surface area contributed by atoms with Crippen molar-refractivity contribution in [3.8, 4) is 0 Å². The monoisotopic (exact) mass is 432 g/mol. The van der Waals surface area contributed by atoms with E-state index in [0.717, 1.165) is 38.6 Å². The molecule has 0 saturated heterocycles. The van der Waals surface area contributed by atoms with Crippen LogP contribution in [-0.2, 0) is 6.54 Å². The molecule has 0 fully saturated rings. The topological polar surface area (TPSA) is 86.3 Å². The van der Waals surface area contributed by atoms with Gasteiger partial charge >= 0.3 is 0 Å². The number of hydrogen-bond donors (Lipinski definition) is 2. The Bertz CT molecular complexity index is 1520. The molecular formula is C26H20N6O. The van der Waals surface area contributed by atoms with Gasteiger partial charge in [0.25, 0.3) is 5.91 Å². The lowest BCUT2D eigenvalue weighted by Crippen LogP contribution is -2.40. The Kier molecular flexibility index (Phi) is 4.58. The highest BCUT2D eigenvalue weighted by atomic mass is 16.2. The number of para-hydroxylation sites is 1. The third-order valence-corrected chi connectivity index (χ3v) is 5.94. The summed E-state index contributed by atoms with van der Waals surface area (Å²) in [5, 5.41) is 16.1. The number of aromatic nitrogens is 3. The van der Waals surface area contributed by atoms with Crippen LogP contribution in [0.4, 0.5) is 5.82 Å². The first kappa shape index (κ1) is 19.2. The summed E-state index contributed by atoms with van der Waals surface area (Å²) in [6.45, 7) is 0.874. The Morgan fingerprint density at radius 1 is 0.909 bits per heavy atom. The summed E-state index contributed by atoms with van der Waals surface area (Å²) in [6, 6.07) is 25.4. The van der Waals surface area contributed by atoms with Gasteiger partial charge in [-0.2, -0.15) is 10.2 Å². The van der Waals surface area contributed by atoms with Crippen molar-refractivity contribution in [3.63, 3.8) is 0 Å². The van der Waals surface area contributed by atoms with Gasteiger partial charge in [-0.25, -0.2) is 0 Å². The molecule has 7 nitrogen and oxygen atoms in total. The van der Waals surface area contributed by atoms with Crippen LogP contribution in [0.2, 0.25) is 0 Å². The van der Waals surface area contributed by atoms with Gasteiger partial charge in [-0.3, -0.25) is 10.2 Å². The molecule has 1 aliphatic rings. The molecule has 160 valence electrons. The fourth-order valence-corrected chi connectivity index (χ4v) is 4.38. The summed E-state index contributed by atoms with van der Waals surface area (Å²) in [5.41, 5.74) is 7.56. The van der Waals surface area contributed by atoms with E-state index in [2.05, 4.69) is 26.7 Å². The number of nitrogens with one attached hydrogen (secondary N) is 2. The molecule has 1 amide bonds. The van der Waals surface area contributed by atoms with Crippen LogP contribution in [0.15, 0.2) is 90.2 Å². The molecule has 0 atom stereocenters. The average molecular weight is 432 g/mol. The highest BCUT2D eigenvalue weighted by Crippen LogP contribution is 2.29. The predicted octanol–water partition coefficient (Wildman–Crippen LogP) is 4.58. The van der Waals surface area contributed by atoms with Gasteiger partial charge in [0.15, 0.2) is 5.82 Å². The van der Waals surface area contributed by atoms with E-state index in [1.807, 2.05) is 77.7 Å². The number of H-pyrrole nitrogens is 1. The molecule has 3 heterocycles. The Hall–Kier alpha value is -4.52. The lowest BCUT2D eigenvalue weighted by atomic mass is 10.0. The lowest BCUT2D eigenvalue weighted by molar-refractivity contribution is 0.0763. The Labute approximate surface area is 189 Å². The van der Waals surface area contributed by atoms with Crippen LogP contribution in [0, 0.1) is 0 Å². The molecule has 0 spiro atoms. The Morgan fingerprint density at radius 2 is 1.67 bits per heavy atom. The third kappa shape index (κ3) is 3.40. The highest BCUT2D eigenvalue weighted by Gasteiger charge is 2.29. The maximum atomic E-state index is 13.2. The molecule has 5 aromatic rings. The third-order valence-electron chi connectivity index (χ3n) is 5.94. The van der Waals surface area contributed by atoms with Gasteiger partial charge < -0.3 is 9.88 Å². The molecule has 2 N–H and O–H groups in total. The first-order chi connectivity index (χ1) is 16.3. The molecule has 0 aliphatic carbocycles. The van der Waals surface area contributed by atoms with Gasteiger partial charge in [-0.05, 0) is 18.2 Å². The van der Waals surface area contributed by atoms with Crippen LogP contribution in [0.3, 0.4) is 0 Å². The SMILES string of the molecule is O=C(c1ccccc1)N1C/C(=N\Nc2nncc3ccccc23)c2c([nH]c3ccccc23)C1. The minimum atomic E-state index is -0.0300. The number of carbonyl (C=O) groups is 1. The molecule has 33 heavy (non-hydrogen) atoms. The van der Waals surface area contributed by atoms with E-state index < -0.39 is 0 Å². The molecule has 0 saturated carbocycles. The first-order valence-electron chi connectivity index (χ1n) is 10.8. The number of benzene rings is 3. The maximum Gasteiger partial charge on any atom is 0.254 e. The lowest BCUT2D eigenvalue weighted by Gasteiger charge is -2.28. The Balaban J connectivity index is 1.43. The minimum Gasteiger partial charge on any atom is -0.356 e. The summed E-state index contributed by atoms with van der Waals surface area (Å²) in [5.74, 6) is 0.547. The van der Waals surface area contributed by atoms with Crippen molar-refractivity contribution < 1.29 is 4.79 Å². The maximum absolute atomic E-state index is 13.2. The smallest absolute Gasteiger partial charge is 0.254 e. The standard InChI is InChI=1S/C26H20N6O/c33-26(17-8-2-1-3-9-17)32-15-22-24(20-12-6-7-13-21(20)28-22)23(16-32)29-31-25-19-11-5-4-10-18(19)14-27-30-25/h1-14,28H,15-16H2,(H,30,31)/b29-23+. The van der Waals surface area contributed by atoms with E-state index in [4.69, 9.17) is 5.10 Å². The van der Waals surface area contributed by atoms with E-state index in [9.17, 15) is 4.79 Å². The average Bonchev–Trinajstić information content (AvgIpc) is 3.26. The van der Waals surface area contributed by atoms with Crippen molar-refractivity contribution in [1.29, 1.82) is 0 Å². The van der Waals surface area contributed by atoms with Crippen LogP contribution in [0.5, 0.6) is 0 Å². The number of hydrazone groups is 1. The summed E-state index contributed by atoms with van der Waals surface area (Å²) < 4.78 is 0. The molecule has 2 aromatic heterocycles. The second kappa shape index (κ2) is 7.87. The summed E-state index contributed by atoms with van der Waals surface area (Å²) >= 11 is 0. The zero-order valence-electron chi connectivity index (χ0n) is 17.7. The number of carbonyl (C=O) groups excluding carboxylic acids is 1. The minimum absolute atomic E-state index is 0.0300. The number of amides is 1. The van der Waals surface area contributed by atoms with Crippen molar-refractivity contribution in [2.75, 3.05) is 12.0 Å². The highest BCUT2D eigenvalue weighted by molar-refractivity contribution is 6.15. The zero-order valence-corrected chi connectivity index (χ0v) is 17.7. The van der Waals surface area contributed by atoms with Gasteiger partial charge in [-0.1, -0.05) is 60.7 Å². The van der Waals surface area contributed by atoms with Crippen molar-refractivity contribution in [3.05, 3.63) is 102 Å². The first-order valence-corrected chi connectivity index (χ1v) is 10.8. The van der Waals surface area contributed by atoms with Crippen LogP contribution >= 0.6 is 0 Å². The fraction of sp³-hybridized carbons (Fsp3) is 0.0769. The van der Waals surface area contributed by atoms with E-state index in [1.165, 1.54) is 0 Å². The van der Waals surface area contributed by atoms with Crippen molar-refractivity contribution in [1.82, 2.24) is 20.1 Å². The van der Waals surface area contributed by atoms with Crippen LogP contribution in [0.1, 0.15) is 21.6 Å². The second-order valence-corrected chi connectivity index (χ2v) is 8.00. The van der Waals surface area contributed by atoms with E-state index in [-0.39, 0.29) is 5.91 Å². The van der Waals surface area contributed by atoms with Crippen molar-refractivity contribution >= 4 is 39.1 Å². The van der Waals surface area contributed by atoms with E-state index in [0.29, 0.717) is 24.5 Å². The molecule has 1 aliphatic heterocycles. The summed E-state index contributed by atoms with van der Waals surface area (Å²) in [4.78, 5) is 18.5. The van der Waals surface area contributed by atoms with Gasteiger partial charge in [0.1, 0.15) is 0 Å². The second-order valence-electron chi connectivity index (χ2n) is 8.00. The molecular weight excluding hydrogens is 412 g/mol. The summed E-state index contributed by atoms with van der Waals surface area (Å²) in [6.07, 6.45) is 1.73. The Morgan fingerprint density at radius 3 is 2.55 bits per heavy atom. The molecule has 7 heteroatoms.